The Kier molecular flexibility index (Phi) is 4.62. The van der Waals surface area contributed by atoms with Gasteiger partial charge in [-0.1, -0.05) is 6.92 Å². The summed E-state index contributed by atoms with van der Waals surface area (Å²) in [6.45, 7) is 1.53. The SMILES string of the molecule is CCS[C@H]1OC(CO)[C@@H](O)C(O)C1O. The molecule has 0 aliphatic carbocycles. The summed E-state index contributed by atoms with van der Waals surface area (Å²) in [6, 6.07) is 0. The zero-order chi connectivity index (χ0) is 10.7. The van der Waals surface area contributed by atoms with E-state index in [1.807, 2.05) is 6.92 Å². The van der Waals surface area contributed by atoms with E-state index in [2.05, 4.69) is 0 Å². The number of aliphatic hydroxyl groups is 4. The second-order valence-corrected chi connectivity index (χ2v) is 4.53. The zero-order valence-electron chi connectivity index (χ0n) is 7.91. The predicted molar refractivity (Wildman–Crippen MR) is 51.9 cm³/mol. The van der Waals surface area contributed by atoms with Crippen molar-refractivity contribution in [1.29, 1.82) is 0 Å². The van der Waals surface area contributed by atoms with Gasteiger partial charge in [0.15, 0.2) is 0 Å². The molecule has 0 radical (unpaired) electrons. The lowest BCUT2D eigenvalue weighted by Gasteiger charge is -2.39. The van der Waals surface area contributed by atoms with E-state index in [1.165, 1.54) is 11.8 Å². The molecule has 0 spiro atoms. The van der Waals surface area contributed by atoms with Crippen molar-refractivity contribution in [2.75, 3.05) is 12.4 Å². The van der Waals surface area contributed by atoms with Gasteiger partial charge in [0, 0.05) is 0 Å². The Balaban J connectivity index is 2.63. The lowest BCUT2D eigenvalue weighted by molar-refractivity contribution is -0.205. The summed E-state index contributed by atoms with van der Waals surface area (Å²) < 4.78 is 5.22. The predicted octanol–water partition coefficient (Wildman–Crippen LogP) is -1.46. The molecule has 3 unspecified atom stereocenters. The minimum atomic E-state index is -1.26. The van der Waals surface area contributed by atoms with Crippen LogP contribution in [0.3, 0.4) is 0 Å². The topological polar surface area (TPSA) is 90.2 Å². The molecule has 0 aromatic heterocycles. The van der Waals surface area contributed by atoms with E-state index in [0.717, 1.165) is 5.75 Å². The van der Waals surface area contributed by atoms with E-state index >= 15 is 0 Å². The van der Waals surface area contributed by atoms with Gasteiger partial charge in [0.25, 0.3) is 0 Å². The Labute approximate surface area is 86.7 Å². The highest BCUT2D eigenvalue weighted by Gasteiger charge is 2.43. The van der Waals surface area contributed by atoms with Gasteiger partial charge in [-0.05, 0) is 5.75 Å². The van der Waals surface area contributed by atoms with Crippen molar-refractivity contribution in [3.05, 3.63) is 0 Å². The summed E-state index contributed by atoms with van der Waals surface area (Å²) in [5.74, 6) is 0.725. The number of hydrogen-bond acceptors (Lipinski definition) is 6. The largest absolute Gasteiger partial charge is 0.394 e. The van der Waals surface area contributed by atoms with E-state index in [4.69, 9.17) is 9.84 Å². The summed E-state index contributed by atoms with van der Waals surface area (Å²) in [5, 5.41) is 37.2. The third-order valence-electron chi connectivity index (χ3n) is 2.18. The zero-order valence-corrected chi connectivity index (χ0v) is 8.72. The van der Waals surface area contributed by atoms with Crippen molar-refractivity contribution in [2.24, 2.45) is 0 Å². The molecule has 0 saturated carbocycles. The molecular weight excluding hydrogens is 208 g/mol. The van der Waals surface area contributed by atoms with Gasteiger partial charge in [0.1, 0.15) is 29.9 Å². The maximum Gasteiger partial charge on any atom is 0.132 e. The molecule has 6 heteroatoms. The first-order valence-corrected chi connectivity index (χ1v) is 5.58. The van der Waals surface area contributed by atoms with Crippen molar-refractivity contribution < 1.29 is 25.2 Å². The molecule has 1 aliphatic rings. The number of rotatable bonds is 3. The van der Waals surface area contributed by atoms with Crippen LogP contribution in [-0.2, 0) is 4.74 Å². The van der Waals surface area contributed by atoms with Crippen molar-refractivity contribution in [1.82, 2.24) is 0 Å². The van der Waals surface area contributed by atoms with Gasteiger partial charge >= 0.3 is 0 Å². The Morgan fingerprint density at radius 3 is 2.29 bits per heavy atom. The molecule has 14 heavy (non-hydrogen) atoms. The number of hydrogen-bond donors (Lipinski definition) is 4. The van der Waals surface area contributed by atoms with Gasteiger partial charge < -0.3 is 25.2 Å². The Morgan fingerprint density at radius 1 is 1.14 bits per heavy atom. The highest BCUT2D eigenvalue weighted by Crippen LogP contribution is 2.27. The molecule has 1 aliphatic heterocycles. The molecule has 0 amide bonds. The van der Waals surface area contributed by atoms with Crippen LogP contribution in [0.2, 0.25) is 0 Å². The van der Waals surface area contributed by atoms with Crippen LogP contribution in [0.1, 0.15) is 6.92 Å². The molecule has 0 bridgehead atoms. The molecule has 0 aromatic carbocycles. The van der Waals surface area contributed by atoms with Crippen LogP contribution in [0.15, 0.2) is 0 Å². The highest BCUT2D eigenvalue weighted by molar-refractivity contribution is 7.99. The monoisotopic (exact) mass is 224 g/mol. The summed E-state index contributed by atoms with van der Waals surface area (Å²) in [4.78, 5) is 0. The van der Waals surface area contributed by atoms with Crippen LogP contribution in [0.5, 0.6) is 0 Å². The van der Waals surface area contributed by atoms with Gasteiger partial charge in [-0.15, -0.1) is 11.8 Å². The first-order chi connectivity index (χ1) is 6.61. The first-order valence-electron chi connectivity index (χ1n) is 4.54. The fraction of sp³-hybridized carbons (Fsp3) is 1.00. The molecule has 1 saturated heterocycles. The van der Waals surface area contributed by atoms with Crippen molar-refractivity contribution in [2.45, 2.75) is 36.8 Å². The standard InChI is InChI=1S/C8H16O5S/c1-2-14-8-7(12)6(11)5(10)4(3-9)13-8/h4-12H,2-3H2,1H3/t4?,5-,6?,7?,8-/m1/s1. The molecule has 84 valence electrons. The van der Waals surface area contributed by atoms with Gasteiger partial charge in [-0.3, -0.25) is 0 Å². The third kappa shape index (κ3) is 2.39. The van der Waals surface area contributed by atoms with Gasteiger partial charge in [0.05, 0.1) is 6.61 Å². The molecule has 1 fully saturated rings. The molecule has 1 rings (SSSR count). The normalized spacial score (nSPS) is 43.9. The lowest BCUT2D eigenvalue weighted by Crippen LogP contribution is -2.57. The van der Waals surface area contributed by atoms with Crippen LogP contribution in [0.4, 0.5) is 0 Å². The summed E-state index contributed by atoms with van der Waals surface area (Å²) >= 11 is 1.33. The average molecular weight is 224 g/mol. The van der Waals surface area contributed by atoms with Crippen LogP contribution < -0.4 is 0 Å². The minimum Gasteiger partial charge on any atom is -0.394 e. The molecule has 1 heterocycles. The Morgan fingerprint density at radius 2 is 1.79 bits per heavy atom. The molecule has 0 aromatic rings. The van der Waals surface area contributed by atoms with E-state index < -0.39 is 29.9 Å². The van der Waals surface area contributed by atoms with Gasteiger partial charge in [-0.25, -0.2) is 0 Å². The van der Waals surface area contributed by atoms with E-state index in [0.29, 0.717) is 0 Å². The fourth-order valence-electron chi connectivity index (χ4n) is 1.37. The molecular formula is C8H16O5S. The lowest BCUT2D eigenvalue weighted by atomic mass is 10.0. The van der Waals surface area contributed by atoms with Crippen LogP contribution in [-0.4, -0.2) is 62.6 Å². The van der Waals surface area contributed by atoms with E-state index in [9.17, 15) is 15.3 Å². The fourth-order valence-corrected chi connectivity index (χ4v) is 2.28. The Bertz CT molecular complexity index is 175. The Hall–Kier alpha value is 0.150. The number of ether oxygens (including phenoxy) is 1. The van der Waals surface area contributed by atoms with E-state index in [1.54, 1.807) is 0 Å². The van der Waals surface area contributed by atoms with Crippen LogP contribution >= 0.6 is 11.8 Å². The highest BCUT2D eigenvalue weighted by atomic mass is 32.2. The molecule has 5 atom stereocenters. The number of thioether (sulfide) groups is 1. The van der Waals surface area contributed by atoms with Gasteiger partial charge in [0.2, 0.25) is 0 Å². The second-order valence-electron chi connectivity index (χ2n) is 3.15. The van der Waals surface area contributed by atoms with Crippen LogP contribution in [0, 0.1) is 0 Å². The van der Waals surface area contributed by atoms with Crippen LogP contribution in [0.25, 0.3) is 0 Å². The summed E-state index contributed by atoms with van der Waals surface area (Å²) in [5.41, 5.74) is -0.587. The minimum absolute atomic E-state index is 0.369. The van der Waals surface area contributed by atoms with Crippen molar-refractivity contribution in [3.8, 4) is 0 Å². The van der Waals surface area contributed by atoms with Gasteiger partial charge in [-0.2, -0.15) is 0 Å². The molecule has 5 nitrogen and oxygen atoms in total. The maximum absolute atomic E-state index is 9.51. The molecule has 4 N–H and O–H groups in total. The summed E-state index contributed by atoms with van der Waals surface area (Å²) in [7, 11) is 0. The smallest absolute Gasteiger partial charge is 0.132 e. The summed E-state index contributed by atoms with van der Waals surface area (Å²) in [6.07, 6.45) is -4.43. The quantitative estimate of drug-likeness (QED) is 0.468. The first kappa shape index (κ1) is 12.2. The average Bonchev–Trinajstić information content (AvgIpc) is 2.19. The van der Waals surface area contributed by atoms with Crippen molar-refractivity contribution >= 4 is 11.8 Å². The maximum atomic E-state index is 9.51. The third-order valence-corrected chi connectivity index (χ3v) is 3.23. The second kappa shape index (κ2) is 5.29. The van der Waals surface area contributed by atoms with E-state index in [-0.39, 0.29) is 6.61 Å². The van der Waals surface area contributed by atoms with Crippen molar-refractivity contribution in [3.63, 3.8) is 0 Å². The number of aliphatic hydroxyl groups excluding tert-OH is 4.